The van der Waals surface area contributed by atoms with Gasteiger partial charge in [0.15, 0.2) is 17.5 Å². The number of ketones is 2. The van der Waals surface area contributed by atoms with E-state index < -0.39 is 35.9 Å². The largest absolute Gasteiger partial charge is 0.480 e. The van der Waals surface area contributed by atoms with E-state index in [1.54, 1.807) is 30.3 Å². The monoisotopic (exact) mass is 357 g/mol. The zero-order chi connectivity index (χ0) is 18.1. The highest BCUT2D eigenvalue weighted by molar-refractivity contribution is 6.35. The lowest BCUT2D eigenvalue weighted by molar-refractivity contribution is -0.138. The number of hydrogen-bond donors (Lipinski definition) is 2. The molecule has 6 nitrogen and oxygen atoms in total. The number of carbonyl (C=O) groups is 4. The topological polar surface area (TPSA) is 101 Å². The highest BCUT2D eigenvalue weighted by Gasteiger charge is 2.43. The van der Waals surface area contributed by atoms with Gasteiger partial charge in [-0.25, -0.2) is 0 Å². The van der Waals surface area contributed by atoms with Crippen LogP contribution in [0.25, 0.3) is 11.1 Å². The van der Waals surface area contributed by atoms with E-state index in [0.29, 0.717) is 10.6 Å². The molecule has 2 N–H and O–H groups in total. The van der Waals surface area contributed by atoms with Gasteiger partial charge in [-0.2, -0.15) is 0 Å². The number of aliphatic carboxylic acids is 1. The first-order chi connectivity index (χ1) is 11.9. The molecule has 0 aliphatic heterocycles. The van der Waals surface area contributed by atoms with Crippen molar-refractivity contribution in [1.82, 2.24) is 5.32 Å². The summed E-state index contributed by atoms with van der Waals surface area (Å²) in [5.74, 6) is -4.96. The zero-order valence-electron chi connectivity index (χ0n) is 12.8. The van der Waals surface area contributed by atoms with Crippen LogP contribution in [0, 0.1) is 5.92 Å². The van der Waals surface area contributed by atoms with Gasteiger partial charge in [0.25, 0.3) is 0 Å². The van der Waals surface area contributed by atoms with Crippen molar-refractivity contribution in [1.29, 1.82) is 0 Å². The Hall–Kier alpha value is -2.99. The number of carboxylic acid groups (broad SMARTS) is 1. The minimum atomic E-state index is -1.54. The lowest BCUT2D eigenvalue weighted by atomic mass is 10.00. The predicted octanol–water partition coefficient (Wildman–Crippen LogP) is 2.20. The smallest absolute Gasteiger partial charge is 0.322 e. The number of carbonyl (C=O) groups excluding carboxylic acids is 3. The summed E-state index contributed by atoms with van der Waals surface area (Å²) in [6.45, 7) is -0.653. The second kappa shape index (κ2) is 6.49. The molecule has 2 aromatic rings. The molecule has 0 saturated carbocycles. The summed E-state index contributed by atoms with van der Waals surface area (Å²) >= 11 is 5.97. The molecule has 2 aromatic carbocycles. The molecule has 0 spiro atoms. The van der Waals surface area contributed by atoms with E-state index in [1.807, 2.05) is 6.07 Å². The van der Waals surface area contributed by atoms with Crippen LogP contribution in [-0.4, -0.2) is 35.1 Å². The van der Waals surface area contributed by atoms with E-state index in [0.717, 1.165) is 5.56 Å². The molecule has 25 heavy (non-hydrogen) atoms. The van der Waals surface area contributed by atoms with Crippen molar-refractivity contribution in [3.05, 3.63) is 58.6 Å². The summed E-state index contributed by atoms with van der Waals surface area (Å²) in [5.41, 5.74) is 1.77. The van der Waals surface area contributed by atoms with Gasteiger partial charge in [-0.05, 0) is 29.3 Å². The zero-order valence-corrected chi connectivity index (χ0v) is 13.5. The fraction of sp³-hybridized carbons (Fsp3) is 0.111. The molecule has 0 bridgehead atoms. The number of hydrogen-bond acceptors (Lipinski definition) is 4. The molecule has 0 radical (unpaired) electrons. The Morgan fingerprint density at radius 2 is 1.68 bits per heavy atom. The van der Waals surface area contributed by atoms with Gasteiger partial charge in [0.1, 0.15) is 6.54 Å². The van der Waals surface area contributed by atoms with Gasteiger partial charge in [-0.15, -0.1) is 0 Å². The van der Waals surface area contributed by atoms with Crippen molar-refractivity contribution in [3.63, 3.8) is 0 Å². The number of Topliss-reactive ketones (excluding diaryl/α,β-unsaturated/α-hetero) is 2. The Bertz CT molecular complexity index is 921. The highest BCUT2D eigenvalue weighted by Crippen LogP contribution is 2.32. The Morgan fingerprint density at radius 1 is 1.00 bits per heavy atom. The minimum Gasteiger partial charge on any atom is -0.480 e. The first-order valence-corrected chi connectivity index (χ1v) is 7.74. The maximum atomic E-state index is 12.5. The molecule has 0 fully saturated rings. The normalized spacial score (nSPS) is 15.8. The van der Waals surface area contributed by atoms with Crippen LogP contribution >= 0.6 is 11.6 Å². The lowest BCUT2D eigenvalue weighted by Gasteiger charge is -2.06. The second-order valence-corrected chi connectivity index (χ2v) is 5.98. The number of halogens is 1. The van der Waals surface area contributed by atoms with Gasteiger partial charge in [-0.1, -0.05) is 35.9 Å². The summed E-state index contributed by atoms with van der Waals surface area (Å²) in [6, 6.07) is 11.7. The van der Waals surface area contributed by atoms with Crippen LogP contribution in [0.4, 0.5) is 0 Å². The minimum absolute atomic E-state index is 0.151. The van der Waals surface area contributed by atoms with Crippen LogP contribution in [0.1, 0.15) is 20.7 Å². The molecule has 0 heterocycles. The van der Waals surface area contributed by atoms with E-state index >= 15 is 0 Å². The maximum Gasteiger partial charge on any atom is 0.322 e. The van der Waals surface area contributed by atoms with Gasteiger partial charge in [0, 0.05) is 16.1 Å². The van der Waals surface area contributed by atoms with Crippen molar-refractivity contribution in [2.75, 3.05) is 6.54 Å². The molecule has 126 valence electrons. The first-order valence-electron chi connectivity index (χ1n) is 7.36. The molecule has 1 amide bonds. The van der Waals surface area contributed by atoms with Crippen molar-refractivity contribution in [2.45, 2.75) is 0 Å². The van der Waals surface area contributed by atoms with Gasteiger partial charge in [-0.3, -0.25) is 19.2 Å². The van der Waals surface area contributed by atoms with E-state index in [-0.39, 0.29) is 11.1 Å². The number of benzene rings is 2. The highest BCUT2D eigenvalue weighted by atomic mass is 35.5. The average Bonchev–Trinajstić information content (AvgIpc) is 2.83. The van der Waals surface area contributed by atoms with Crippen LogP contribution in [0.3, 0.4) is 0 Å². The van der Waals surface area contributed by atoms with Crippen molar-refractivity contribution < 1.29 is 24.3 Å². The van der Waals surface area contributed by atoms with Crippen LogP contribution in [0.2, 0.25) is 5.02 Å². The Morgan fingerprint density at radius 3 is 2.36 bits per heavy atom. The molecule has 0 saturated heterocycles. The SMILES string of the molecule is O=C(O)CNC(=O)C1C(=O)c2ccc(-c3cccc(Cl)c3)cc2C1=O. The maximum absolute atomic E-state index is 12.5. The fourth-order valence-corrected chi connectivity index (χ4v) is 2.93. The number of carboxylic acids is 1. The Labute approximate surface area is 147 Å². The number of amides is 1. The quantitative estimate of drug-likeness (QED) is 0.817. The summed E-state index contributed by atoms with van der Waals surface area (Å²) in [4.78, 5) is 47.4. The van der Waals surface area contributed by atoms with Crippen LogP contribution in [0.5, 0.6) is 0 Å². The third-order valence-corrected chi connectivity index (χ3v) is 4.14. The molecule has 3 rings (SSSR count). The molecule has 1 atom stereocenters. The van der Waals surface area contributed by atoms with Crippen molar-refractivity contribution >= 4 is 35.0 Å². The first kappa shape index (κ1) is 16.9. The molecule has 1 unspecified atom stereocenters. The second-order valence-electron chi connectivity index (χ2n) is 5.54. The Balaban J connectivity index is 1.93. The molecule has 7 heteroatoms. The summed E-state index contributed by atoms with van der Waals surface area (Å²) in [7, 11) is 0. The van der Waals surface area contributed by atoms with E-state index in [1.165, 1.54) is 6.07 Å². The predicted molar refractivity (Wildman–Crippen MR) is 89.7 cm³/mol. The molecule has 1 aliphatic rings. The van der Waals surface area contributed by atoms with Gasteiger partial charge in [0.2, 0.25) is 5.91 Å². The summed E-state index contributed by atoms with van der Waals surface area (Å²) < 4.78 is 0. The number of rotatable bonds is 4. The average molecular weight is 358 g/mol. The van der Waals surface area contributed by atoms with Crippen LogP contribution < -0.4 is 5.32 Å². The van der Waals surface area contributed by atoms with Crippen LogP contribution in [0.15, 0.2) is 42.5 Å². The van der Waals surface area contributed by atoms with Crippen molar-refractivity contribution in [3.8, 4) is 11.1 Å². The summed E-state index contributed by atoms with van der Waals surface area (Å²) in [5, 5.41) is 11.2. The molecular weight excluding hydrogens is 346 g/mol. The van der Waals surface area contributed by atoms with E-state index in [4.69, 9.17) is 16.7 Å². The number of nitrogens with one attached hydrogen (secondary N) is 1. The van der Waals surface area contributed by atoms with Gasteiger partial charge < -0.3 is 10.4 Å². The Kier molecular flexibility index (Phi) is 4.37. The van der Waals surface area contributed by atoms with Crippen LogP contribution in [-0.2, 0) is 9.59 Å². The van der Waals surface area contributed by atoms with Crippen molar-refractivity contribution in [2.24, 2.45) is 5.92 Å². The molecule has 0 aromatic heterocycles. The fourth-order valence-electron chi connectivity index (χ4n) is 2.74. The molecule has 1 aliphatic carbocycles. The standard InChI is InChI=1S/C18H12ClNO5/c19-11-3-1-2-9(6-11)10-4-5-12-13(7-10)17(24)15(16(12)23)18(25)20-8-14(21)22/h1-7,15H,8H2,(H,20,25)(H,21,22). The number of fused-ring (bicyclic) bond motifs is 1. The van der Waals surface area contributed by atoms with E-state index in [2.05, 4.69) is 5.32 Å². The van der Waals surface area contributed by atoms with E-state index in [9.17, 15) is 19.2 Å². The lowest BCUT2D eigenvalue weighted by Crippen LogP contribution is -2.39. The third-order valence-electron chi connectivity index (χ3n) is 3.91. The third kappa shape index (κ3) is 3.16. The molecular formula is C18H12ClNO5. The summed E-state index contributed by atoms with van der Waals surface area (Å²) in [6.07, 6.45) is 0. The van der Waals surface area contributed by atoms with Gasteiger partial charge >= 0.3 is 5.97 Å². The van der Waals surface area contributed by atoms with Gasteiger partial charge in [0.05, 0.1) is 0 Å².